The van der Waals surface area contributed by atoms with E-state index in [0.29, 0.717) is 37.4 Å². The van der Waals surface area contributed by atoms with Crippen molar-refractivity contribution in [2.75, 3.05) is 11.9 Å². The van der Waals surface area contributed by atoms with Crippen LogP contribution in [0.15, 0.2) is 36.7 Å². The highest BCUT2D eigenvalue weighted by Crippen LogP contribution is 2.38. The topological polar surface area (TPSA) is 84.1 Å². The summed E-state index contributed by atoms with van der Waals surface area (Å²) in [5, 5.41) is 4.22. The Kier molecular flexibility index (Phi) is 6.68. The Balaban J connectivity index is 1.52. The Bertz CT molecular complexity index is 1260. The Hall–Kier alpha value is -2.55. The number of thiophene rings is 1. The number of halogens is 2. The van der Waals surface area contributed by atoms with Crippen LogP contribution in [0.3, 0.4) is 0 Å². The molecule has 1 aromatic carbocycles. The van der Waals surface area contributed by atoms with E-state index in [1.807, 2.05) is 17.9 Å². The standard InChI is InChI=1S/C25H29ClFN5OS/c1-24(2,3)25(4,28)10-5-6-20(33)32-11-9-16-19(13-32)34-23-21(16)22(29-14-30-23)31-15-7-8-18(27)17(26)12-15/h5-8,12,14H,9-11,13,28H2,1-4H3,(H,29,30,31)/b6-5+. The van der Waals surface area contributed by atoms with Gasteiger partial charge in [0.05, 0.1) is 17.0 Å². The summed E-state index contributed by atoms with van der Waals surface area (Å²) in [6, 6.07) is 4.47. The molecule has 0 bridgehead atoms. The highest BCUT2D eigenvalue weighted by molar-refractivity contribution is 7.19. The molecule has 0 fully saturated rings. The third-order valence-electron chi connectivity index (χ3n) is 6.65. The van der Waals surface area contributed by atoms with E-state index in [1.54, 1.807) is 23.5 Å². The first-order chi connectivity index (χ1) is 16.0. The number of fused-ring (bicyclic) bond motifs is 3. The normalized spacial score (nSPS) is 16.0. The number of rotatable bonds is 5. The second-order valence-electron chi connectivity index (χ2n) is 9.94. The number of carbonyl (C=O) groups excluding carboxylic acids is 1. The van der Waals surface area contributed by atoms with Gasteiger partial charge in [-0.15, -0.1) is 11.3 Å². The predicted molar refractivity (Wildman–Crippen MR) is 137 cm³/mol. The molecule has 1 amide bonds. The minimum absolute atomic E-state index is 0.0156. The molecule has 0 spiro atoms. The first kappa shape index (κ1) is 24.6. The van der Waals surface area contributed by atoms with Crippen LogP contribution in [0.25, 0.3) is 10.2 Å². The molecule has 6 nitrogen and oxygen atoms in total. The average Bonchev–Trinajstić information content (AvgIpc) is 3.14. The van der Waals surface area contributed by atoms with Gasteiger partial charge in [-0.1, -0.05) is 38.4 Å². The number of carbonyl (C=O) groups is 1. The number of aromatic nitrogens is 2. The summed E-state index contributed by atoms with van der Waals surface area (Å²) < 4.78 is 13.5. The molecule has 34 heavy (non-hydrogen) atoms. The Morgan fingerprint density at radius 2 is 2.09 bits per heavy atom. The summed E-state index contributed by atoms with van der Waals surface area (Å²) in [7, 11) is 0. The second-order valence-corrected chi connectivity index (χ2v) is 11.4. The number of benzene rings is 1. The minimum atomic E-state index is -0.471. The van der Waals surface area contributed by atoms with Crippen molar-refractivity contribution < 1.29 is 9.18 Å². The predicted octanol–water partition coefficient (Wildman–Crippen LogP) is 5.82. The van der Waals surface area contributed by atoms with Crippen molar-refractivity contribution in [3.8, 4) is 0 Å². The summed E-state index contributed by atoms with van der Waals surface area (Å²) in [6.07, 6.45) is 6.36. The first-order valence-electron chi connectivity index (χ1n) is 11.2. The molecule has 3 heterocycles. The van der Waals surface area contributed by atoms with Gasteiger partial charge in [-0.25, -0.2) is 14.4 Å². The summed E-state index contributed by atoms with van der Waals surface area (Å²) >= 11 is 7.49. The van der Waals surface area contributed by atoms with Gasteiger partial charge in [0.15, 0.2) is 0 Å². The van der Waals surface area contributed by atoms with Crippen LogP contribution in [0.2, 0.25) is 5.02 Å². The molecule has 2 aromatic heterocycles. The monoisotopic (exact) mass is 501 g/mol. The van der Waals surface area contributed by atoms with Crippen molar-refractivity contribution in [3.63, 3.8) is 0 Å². The van der Waals surface area contributed by atoms with Crippen LogP contribution < -0.4 is 11.1 Å². The maximum atomic E-state index is 13.5. The van der Waals surface area contributed by atoms with Crippen LogP contribution in [0.5, 0.6) is 0 Å². The molecule has 0 saturated carbocycles. The van der Waals surface area contributed by atoms with Crippen LogP contribution in [-0.2, 0) is 17.8 Å². The summed E-state index contributed by atoms with van der Waals surface area (Å²) in [5.74, 6) is 0.161. The highest BCUT2D eigenvalue weighted by atomic mass is 35.5. The molecule has 1 atom stereocenters. The van der Waals surface area contributed by atoms with Gasteiger partial charge in [0.25, 0.3) is 0 Å². The van der Waals surface area contributed by atoms with Crippen LogP contribution >= 0.6 is 22.9 Å². The van der Waals surface area contributed by atoms with Gasteiger partial charge in [0.1, 0.15) is 22.8 Å². The number of nitrogens with one attached hydrogen (secondary N) is 1. The third kappa shape index (κ3) is 4.94. The number of nitrogens with two attached hydrogens (primary N) is 1. The average molecular weight is 502 g/mol. The molecule has 4 rings (SSSR count). The van der Waals surface area contributed by atoms with Crippen LogP contribution in [-0.4, -0.2) is 32.9 Å². The number of hydrogen-bond acceptors (Lipinski definition) is 6. The molecule has 0 radical (unpaired) electrons. The number of hydrogen-bond donors (Lipinski definition) is 2. The van der Waals surface area contributed by atoms with E-state index < -0.39 is 11.4 Å². The lowest BCUT2D eigenvalue weighted by molar-refractivity contribution is -0.126. The molecule has 0 aliphatic carbocycles. The fourth-order valence-corrected chi connectivity index (χ4v) is 5.12. The van der Waals surface area contributed by atoms with E-state index in [-0.39, 0.29) is 16.3 Å². The van der Waals surface area contributed by atoms with Crippen LogP contribution in [0.4, 0.5) is 15.9 Å². The molecule has 9 heteroatoms. The van der Waals surface area contributed by atoms with E-state index >= 15 is 0 Å². The Labute approximate surface area is 208 Å². The molecule has 180 valence electrons. The van der Waals surface area contributed by atoms with E-state index in [4.69, 9.17) is 17.3 Å². The largest absolute Gasteiger partial charge is 0.340 e. The van der Waals surface area contributed by atoms with E-state index in [1.165, 1.54) is 18.5 Å². The number of nitrogens with zero attached hydrogens (tertiary/aromatic N) is 3. The molecule has 3 N–H and O–H groups in total. The van der Waals surface area contributed by atoms with Crippen molar-refractivity contribution in [1.29, 1.82) is 0 Å². The van der Waals surface area contributed by atoms with Crippen LogP contribution in [0.1, 0.15) is 44.6 Å². The number of amides is 1. The lowest BCUT2D eigenvalue weighted by atomic mass is 9.73. The molecule has 3 aromatic rings. The van der Waals surface area contributed by atoms with Crippen molar-refractivity contribution in [2.24, 2.45) is 11.1 Å². The van der Waals surface area contributed by atoms with Gasteiger partial charge < -0.3 is 16.0 Å². The quantitative estimate of drug-likeness (QED) is 0.430. The van der Waals surface area contributed by atoms with E-state index in [2.05, 4.69) is 36.1 Å². The van der Waals surface area contributed by atoms with E-state index in [0.717, 1.165) is 20.7 Å². The van der Waals surface area contributed by atoms with E-state index in [9.17, 15) is 9.18 Å². The SMILES string of the molecule is CC(C)(C)C(C)(N)C/C=C/C(=O)N1CCc2c(sc3ncnc(Nc4ccc(F)c(Cl)c4)c23)C1. The molecular weight excluding hydrogens is 473 g/mol. The Morgan fingerprint density at radius 1 is 1.32 bits per heavy atom. The van der Waals surface area contributed by atoms with Crippen molar-refractivity contribution >= 4 is 50.6 Å². The second kappa shape index (κ2) is 9.24. The minimum Gasteiger partial charge on any atom is -0.340 e. The van der Waals surface area contributed by atoms with Crippen molar-refractivity contribution in [2.45, 2.75) is 52.6 Å². The fourth-order valence-electron chi connectivity index (χ4n) is 3.74. The molecule has 0 saturated heterocycles. The lowest BCUT2D eigenvalue weighted by Gasteiger charge is -2.37. The lowest BCUT2D eigenvalue weighted by Crippen LogP contribution is -2.48. The zero-order valence-corrected chi connectivity index (χ0v) is 21.4. The van der Waals surface area contributed by atoms with Gasteiger partial charge >= 0.3 is 0 Å². The van der Waals surface area contributed by atoms with Gasteiger partial charge in [0.2, 0.25) is 5.91 Å². The molecule has 1 aliphatic rings. The fraction of sp³-hybridized carbons (Fsp3) is 0.400. The summed E-state index contributed by atoms with van der Waals surface area (Å²) in [5.41, 5.74) is 7.75. The van der Waals surface area contributed by atoms with Gasteiger partial charge in [-0.05, 0) is 55.0 Å². The maximum absolute atomic E-state index is 13.5. The zero-order valence-electron chi connectivity index (χ0n) is 19.8. The Morgan fingerprint density at radius 3 is 2.79 bits per heavy atom. The van der Waals surface area contributed by atoms with Crippen molar-refractivity contribution in [1.82, 2.24) is 14.9 Å². The molecular formula is C25H29ClFN5OS. The molecule has 1 aliphatic heterocycles. The van der Waals surface area contributed by atoms with Gasteiger partial charge in [0, 0.05) is 22.6 Å². The van der Waals surface area contributed by atoms with Crippen molar-refractivity contribution in [3.05, 3.63) is 58.0 Å². The van der Waals surface area contributed by atoms with Gasteiger partial charge in [-0.3, -0.25) is 4.79 Å². The first-order valence-corrected chi connectivity index (χ1v) is 12.4. The third-order valence-corrected chi connectivity index (χ3v) is 8.06. The number of anilines is 2. The summed E-state index contributed by atoms with van der Waals surface area (Å²) in [4.78, 5) is 25.5. The highest BCUT2D eigenvalue weighted by Gasteiger charge is 2.32. The summed E-state index contributed by atoms with van der Waals surface area (Å²) in [6.45, 7) is 9.46. The smallest absolute Gasteiger partial charge is 0.246 e. The van der Waals surface area contributed by atoms with Gasteiger partial charge in [-0.2, -0.15) is 0 Å². The zero-order chi connectivity index (χ0) is 24.7. The van der Waals surface area contributed by atoms with Crippen LogP contribution in [0, 0.1) is 11.2 Å². The molecule has 1 unspecified atom stereocenters. The maximum Gasteiger partial charge on any atom is 0.246 e.